The summed E-state index contributed by atoms with van der Waals surface area (Å²) in [7, 11) is 0. The summed E-state index contributed by atoms with van der Waals surface area (Å²) in [5.41, 5.74) is 0.958. The number of aromatic carboxylic acids is 1. The van der Waals surface area contributed by atoms with Crippen molar-refractivity contribution in [3.63, 3.8) is 0 Å². The number of nitrogens with zero attached hydrogens (tertiary/aromatic N) is 1. The Bertz CT molecular complexity index is 1040. The Kier molecular flexibility index (Phi) is 8.43. The first-order chi connectivity index (χ1) is 15.4. The van der Waals surface area contributed by atoms with Gasteiger partial charge in [0.1, 0.15) is 4.88 Å². The van der Waals surface area contributed by atoms with Crippen molar-refractivity contribution in [2.75, 3.05) is 6.54 Å². The van der Waals surface area contributed by atoms with Gasteiger partial charge in [-0.15, -0.1) is 11.3 Å². The average Bonchev–Trinajstić information content (AvgIpc) is 3.40. The van der Waals surface area contributed by atoms with Crippen LogP contribution in [-0.2, 0) is 4.79 Å². The smallest absolute Gasteiger partial charge is 0.345 e. The van der Waals surface area contributed by atoms with Crippen molar-refractivity contribution in [2.45, 2.75) is 38.3 Å². The van der Waals surface area contributed by atoms with Gasteiger partial charge in [-0.3, -0.25) is 4.79 Å². The molecule has 3 atom stereocenters. The van der Waals surface area contributed by atoms with Gasteiger partial charge >= 0.3 is 5.97 Å². The molecule has 2 heterocycles. The molecule has 2 aromatic rings. The highest BCUT2D eigenvalue weighted by atomic mass is 32.1. The number of carbonyl (C=O) groups excluding carboxylic acids is 1. The van der Waals surface area contributed by atoms with Crippen LogP contribution < -0.4 is 0 Å². The van der Waals surface area contributed by atoms with E-state index in [2.05, 4.69) is 11.8 Å². The molecule has 0 saturated carbocycles. The summed E-state index contributed by atoms with van der Waals surface area (Å²) in [6.45, 7) is 2.41. The van der Waals surface area contributed by atoms with Gasteiger partial charge in [-0.2, -0.15) is 0 Å². The van der Waals surface area contributed by atoms with Crippen LogP contribution in [0.15, 0.2) is 60.7 Å². The van der Waals surface area contributed by atoms with E-state index in [1.165, 1.54) is 11.3 Å². The second kappa shape index (κ2) is 11.5. The highest BCUT2D eigenvalue weighted by Crippen LogP contribution is 2.22. The Hall–Kier alpha value is -3.14. The molecule has 2 N–H and O–H groups in total. The number of hydrogen-bond donors (Lipinski definition) is 2. The maximum absolute atomic E-state index is 12.3. The van der Waals surface area contributed by atoms with Gasteiger partial charge in [0, 0.05) is 29.8 Å². The Morgan fingerprint density at radius 2 is 2.06 bits per heavy atom. The molecule has 0 radical (unpaired) electrons. The van der Waals surface area contributed by atoms with Crippen LogP contribution in [0, 0.1) is 17.8 Å². The van der Waals surface area contributed by atoms with Gasteiger partial charge in [0.25, 0.3) is 0 Å². The van der Waals surface area contributed by atoms with Crippen molar-refractivity contribution in [2.24, 2.45) is 5.92 Å². The van der Waals surface area contributed by atoms with Gasteiger partial charge in [0.05, 0.1) is 12.1 Å². The third-order valence-electron chi connectivity index (χ3n) is 5.34. The van der Waals surface area contributed by atoms with Gasteiger partial charge < -0.3 is 15.1 Å². The fourth-order valence-corrected chi connectivity index (χ4v) is 4.20. The molecule has 1 fully saturated rings. The molecule has 0 spiro atoms. The minimum atomic E-state index is -0.937. The number of benzene rings is 1. The molecular formula is C26H27NO4S. The molecule has 0 unspecified atom stereocenters. The van der Waals surface area contributed by atoms with E-state index in [9.17, 15) is 14.7 Å². The molecule has 3 rings (SSSR count). The molecule has 1 aliphatic heterocycles. The molecule has 1 aromatic carbocycles. The zero-order chi connectivity index (χ0) is 22.9. The van der Waals surface area contributed by atoms with Crippen LogP contribution in [0.2, 0.25) is 0 Å². The van der Waals surface area contributed by atoms with E-state index >= 15 is 0 Å². The summed E-state index contributed by atoms with van der Waals surface area (Å²) in [6.07, 6.45) is 8.56. The lowest BCUT2D eigenvalue weighted by atomic mass is 9.99. The van der Waals surface area contributed by atoms with Crippen molar-refractivity contribution in [1.82, 2.24) is 4.90 Å². The third kappa shape index (κ3) is 6.68. The van der Waals surface area contributed by atoms with Crippen LogP contribution in [-0.4, -0.2) is 45.7 Å². The summed E-state index contributed by atoms with van der Waals surface area (Å²) in [6, 6.07) is 13.0. The van der Waals surface area contributed by atoms with Crippen LogP contribution in [0.25, 0.3) is 6.08 Å². The number of carbonyl (C=O) groups is 2. The molecular weight excluding hydrogens is 422 g/mol. The van der Waals surface area contributed by atoms with E-state index in [-0.39, 0.29) is 17.9 Å². The first-order valence-electron chi connectivity index (χ1n) is 10.6. The number of thiophene rings is 1. The maximum Gasteiger partial charge on any atom is 0.345 e. The van der Waals surface area contributed by atoms with Gasteiger partial charge in [-0.25, -0.2) is 4.79 Å². The molecule has 1 aliphatic rings. The minimum Gasteiger partial charge on any atom is -0.477 e. The lowest BCUT2D eigenvalue weighted by Gasteiger charge is -2.21. The number of hydrogen-bond acceptors (Lipinski definition) is 4. The SMILES string of the molecule is C[C@@H](CC#Cc1ccccc1)[C@H](O)C=C[C@H]1CCC(=O)N1CC=Cc1ccc(C(=O)O)s1. The Morgan fingerprint density at radius 1 is 1.28 bits per heavy atom. The topological polar surface area (TPSA) is 77.8 Å². The normalized spacial score (nSPS) is 18.1. The predicted molar refractivity (Wildman–Crippen MR) is 127 cm³/mol. The van der Waals surface area contributed by atoms with Crippen LogP contribution in [0.5, 0.6) is 0 Å². The number of likely N-dealkylation sites (tertiary alicyclic amines) is 1. The maximum atomic E-state index is 12.3. The van der Waals surface area contributed by atoms with E-state index in [0.717, 1.165) is 16.9 Å². The molecule has 1 saturated heterocycles. The average molecular weight is 450 g/mol. The Morgan fingerprint density at radius 3 is 2.78 bits per heavy atom. The number of aliphatic hydroxyl groups excluding tert-OH is 1. The quantitative estimate of drug-likeness (QED) is 0.461. The van der Waals surface area contributed by atoms with E-state index in [0.29, 0.717) is 24.3 Å². The summed E-state index contributed by atoms with van der Waals surface area (Å²) in [5, 5.41) is 19.5. The lowest BCUT2D eigenvalue weighted by Crippen LogP contribution is -2.32. The fraction of sp³-hybridized carbons (Fsp3) is 0.308. The minimum absolute atomic E-state index is 0.0184. The number of carboxylic acids is 1. The molecule has 32 heavy (non-hydrogen) atoms. The molecule has 0 aliphatic carbocycles. The van der Waals surface area contributed by atoms with Gasteiger partial charge in [-0.05, 0) is 42.7 Å². The summed E-state index contributed by atoms with van der Waals surface area (Å²) < 4.78 is 0. The zero-order valence-corrected chi connectivity index (χ0v) is 18.8. The third-order valence-corrected chi connectivity index (χ3v) is 6.38. The molecule has 1 aromatic heterocycles. The molecule has 0 bridgehead atoms. The highest BCUT2D eigenvalue weighted by Gasteiger charge is 2.28. The fourth-order valence-electron chi connectivity index (χ4n) is 3.42. The number of rotatable bonds is 8. The van der Waals surface area contributed by atoms with Crippen molar-refractivity contribution in [1.29, 1.82) is 0 Å². The van der Waals surface area contributed by atoms with Crippen LogP contribution in [0.3, 0.4) is 0 Å². The van der Waals surface area contributed by atoms with Crippen molar-refractivity contribution in [3.05, 3.63) is 76.0 Å². The molecule has 1 amide bonds. The summed E-state index contributed by atoms with van der Waals surface area (Å²) >= 11 is 1.20. The lowest BCUT2D eigenvalue weighted by molar-refractivity contribution is -0.127. The second-order valence-corrected chi connectivity index (χ2v) is 8.90. The van der Waals surface area contributed by atoms with Crippen LogP contribution in [0.4, 0.5) is 0 Å². The van der Waals surface area contributed by atoms with Gasteiger partial charge in [0.15, 0.2) is 0 Å². The molecule has 6 heteroatoms. The van der Waals surface area contributed by atoms with Crippen molar-refractivity contribution < 1.29 is 19.8 Å². The van der Waals surface area contributed by atoms with E-state index < -0.39 is 12.1 Å². The zero-order valence-electron chi connectivity index (χ0n) is 18.0. The van der Waals surface area contributed by atoms with Crippen LogP contribution in [0.1, 0.15) is 46.3 Å². The Labute approximate surface area is 192 Å². The largest absolute Gasteiger partial charge is 0.477 e. The number of aliphatic hydroxyl groups is 1. The monoisotopic (exact) mass is 449 g/mol. The summed E-state index contributed by atoms with van der Waals surface area (Å²) in [5.74, 6) is 5.36. The van der Waals surface area contributed by atoms with Gasteiger partial charge in [0.2, 0.25) is 5.91 Å². The first-order valence-corrected chi connectivity index (χ1v) is 11.4. The molecule has 166 valence electrons. The van der Waals surface area contributed by atoms with Crippen molar-refractivity contribution in [3.8, 4) is 11.8 Å². The number of amides is 1. The number of carboxylic acid groups (broad SMARTS) is 1. The van der Waals surface area contributed by atoms with E-state index in [1.807, 2.05) is 55.5 Å². The first kappa shape index (κ1) is 23.5. The van der Waals surface area contributed by atoms with Gasteiger partial charge in [-0.1, -0.05) is 55.2 Å². The second-order valence-electron chi connectivity index (χ2n) is 7.79. The highest BCUT2D eigenvalue weighted by molar-refractivity contribution is 7.14. The predicted octanol–water partition coefficient (Wildman–Crippen LogP) is 4.45. The Balaban J connectivity index is 1.52. The van der Waals surface area contributed by atoms with E-state index in [4.69, 9.17) is 5.11 Å². The van der Waals surface area contributed by atoms with Crippen LogP contribution >= 0.6 is 11.3 Å². The molecule has 5 nitrogen and oxygen atoms in total. The summed E-state index contributed by atoms with van der Waals surface area (Å²) in [4.78, 5) is 26.2. The van der Waals surface area contributed by atoms with Crippen molar-refractivity contribution >= 4 is 29.3 Å². The standard InChI is InChI=1S/C26H27NO4S/c1-19(7-5-10-20-8-3-2-4-9-20)23(28)15-12-21-13-17-25(29)27(21)18-6-11-22-14-16-24(32-22)26(30)31/h2-4,6,8-9,11-12,14-16,19,21,23,28H,7,13,17-18H2,1H3,(H,30,31)/t19-,21-,23+/m0/s1. The van der Waals surface area contributed by atoms with E-state index in [1.54, 1.807) is 23.1 Å².